The van der Waals surface area contributed by atoms with Crippen molar-refractivity contribution >= 4 is 28.7 Å². The van der Waals surface area contributed by atoms with Crippen LogP contribution < -0.4 is 5.43 Å². The van der Waals surface area contributed by atoms with E-state index >= 15 is 0 Å². The van der Waals surface area contributed by atoms with Gasteiger partial charge >= 0.3 is 0 Å². The fraction of sp³-hybridized carbons (Fsp3) is 0.389. The van der Waals surface area contributed by atoms with E-state index in [1.807, 2.05) is 13.8 Å². The maximum Gasteiger partial charge on any atom is 0.272 e. The third kappa shape index (κ3) is 4.24. The van der Waals surface area contributed by atoms with Gasteiger partial charge in [-0.1, -0.05) is 23.9 Å². The Balaban J connectivity index is 1.60. The van der Waals surface area contributed by atoms with Crippen LogP contribution >= 0.6 is 11.8 Å². The molecule has 7 nitrogen and oxygen atoms in total. The van der Waals surface area contributed by atoms with Crippen molar-refractivity contribution in [3.8, 4) is 0 Å². The number of nitrogens with zero attached hydrogens (tertiary/aromatic N) is 4. The van der Waals surface area contributed by atoms with E-state index in [9.17, 15) is 14.0 Å². The highest BCUT2D eigenvalue weighted by molar-refractivity contribution is 8.14. The van der Waals surface area contributed by atoms with Crippen molar-refractivity contribution in [2.75, 3.05) is 18.8 Å². The Bertz CT molecular complexity index is 764. The topological polar surface area (TPSA) is 68.2 Å². The van der Waals surface area contributed by atoms with Crippen molar-refractivity contribution in [1.29, 1.82) is 0 Å². The Morgan fingerprint density at radius 3 is 2.63 bits per heavy atom. The van der Waals surface area contributed by atoms with E-state index in [0.717, 1.165) is 5.56 Å². The van der Waals surface area contributed by atoms with Gasteiger partial charge in [0.15, 0.2) is 5.17 Å². The van der Waals surface area contributed by atoms with Crippen LogP contribution in [0.3, 0.4) is 0 Å². The summed E-state index contributed by atoms with van der Waals surface area (Å²) in [5.41, 5.74) is 3.66. The molecule has 2 aliphatic rings. The third-order valence-electron chi connectivity index (χ3n) is 4.41. The molecule has 0 saturated carbocycles. The van der Waals surface area contributed by atoms with Crippen LogP contribution in [0.1, 0.15) is 19.4 Å². The van der Waals surface area contributed by atoms with Crippen LogP contribution in [0.4, 0.5) is 4.39 Å². The van der Waals surface area contributed by atoms with E-state index in [1.54, 1.807) is 39.2 Å². The lowest BCUT2D eigenvalue weighted by Crippen LogP contribution is -2.51. The van der Waals surface area contributed by atoms with Crippen molar-refractivity contribution in [3.63, 3.8) is 0 Å². The minimum atomic E-state index is -0.624. The molecule has 2 aliphatic heterocycles. The average Bonchev–Trinajstić information content (AvgIpc) is 3.09. The van der Waals surface area contributed by atoms with Gasteiger partial charge in [-0.25, -0.2) is 4.39 Å². The minimum Gasteiger partial charge on any atom is -0.343 e. The van der Waals surface area contributed by atoms with Crippen LogP contribution in [0.5, 0.6) is 0 Å². The van der Waals surface area contributed by atoms with E-state index in [0.29, 0.717) is 24.8 Å². The summed E-state index contributed by atoms with van der Waals surface area (Å²) in [6.07, 6.45) is 2.82. The molecule has 0 spiro atoms. The highest BCUT2D eigenvalue weighted by Gasteiger charge is 2.37. The molecule has 1 N–H and O–H groups in total. The highest BCUT2D eigenvalue weighted by atomic mass is 32.2. The van der Waals surface area contributed by atoms with Gasteiger partial charge in [0.2, 0.25) is 12.1 Å². The van der Waals surface area contributed by atoms with Crippen molar-refractivity contribution in [1.82, 2.24) is 20.1 Å². The number of hydrogen-bond acceptors (Lipinski definition) is 6. The molecule has 1 unspecified atom stereocenters. The van der Waals surface area contributed by atoms with E-state index < -0.39 is 6.17 Å². The molecule has 0 aromatic heterocycles. The first kappa shape index (κ1) is 19.2. The molecule has 0 fully saturated rings. The number of amides is 2. The summed E-state index contributed by atoms with van der Waals surface area (Å²) in [5, 5.41) is 4.79. The lowest BCUT2D eigenvalue weighted by Gasteiger charge is -2.32. The van der Waals surface area contributed by atoms with Crippen molar-refractivity contribution in [2.45, 2.75) is 26.6 Å². The standard InChI is InChI=1S/C18H22FN5O2S/c1-3-22(4-2)15(25)12-27-18-21-20-16-17(26)23(9-10-24(16)18)11-13-5-7-14(19)8-6-13/h5-10,16,20H,3-4,11-12H2,1-2H3. The minimum absolute atomic E-state index is 0.0430. The molecule has 3 rings (SSSR count). The second-order valence-electron chi connectivity index (χ2n) is 6.08. The van der Waals surface area contributed by atoms with Gasteiger partial charge in [-0.05, 0) is 31.5 Å². The van der Waals surface area contributed by atoms with Gasteiger partial charge in [-0.2, -0.15) is 5.10 Å². The van der Waals surface area contributed by atoms with Crippen LogP contribution in [-0.4, -0.2) is 56.7 Å². The maximum atomic E-state index is 13.0. The van der Waals surface area contributed by atoms with E-state index in [1.165, 1.54) is 23.9 Å². The summed E-state index contributed by atoms with van der Waals surface area (Å²) in [7, 11) is 0. The number of carbonyl (C=O) groups excluding carboxylic acids is 2. The smallest absolute Gasteiger partial charge is 0.272 e. The summed E-state index contributed by atoms with van der Waals surface area (Å²) < 4.78 is 13.0. The molecule has 144 valence electrons. The number of hydrazone groups is 1. The summed E-state index contributed by atoms with van der Waals surface area (Å²) in [6, 6.07) is 6.06. The fourth-order valence-electron chi connectivity index (χ4n) is 2.87. The summed E-state index contributed by atoms with van der Waals surface area (Å²) in [5.74, 6) is -0.151. The molecular weight excluding hydrogens is 369 g/mol. The SMILES string of the molecule is CCN(CC)C(=O)CSC1=NNC2C(=O)N(Cc3ccc(F)cc3)C=CN12. The number of rotatable bonds is 6. The number of nitrogens with one attached hydrogen (secondary N) is 1. The molecule has 1 aromatic carbocycles. The first-order chi connectivity index (χ1) is 13.0. The molecule has 1 aromatic rings. The zero-order valence-corrected chi connectivity index (χ0v) is 16.1. The molecular formula is C18H22FN5O2S. The number of benzene rings is 1. The summed E-state index contributed by atoms with van der Waals surface area (Å²) in [4.78, 5) is 29.9. The van der Waals surface area contributed by atoms with Crippen LogP contribution in [0.2, 0.25) is 0 Å². The Morgan fingerprint density at radius 1 is 1.26 bits per heavy atom. The molecule has 2 heterocycles. The van der Waals surface area contributed by atoms with Crippen LogP contribution in [0.15, 0.2) is 41.8 Å². The fourth-order valence-corrected chi connectivity index (χ4v) is 3.74. The molecule has 2 amide bonds. The van der Waals surface area contributed by atoms with Gasteiger partial charge in [-0.15, -0.1) is 0 Å². The Kier molecular flexibility index (Phi) is 6.00. The molecule has 0 aliphatic carbocycles. The van der Waals surface area contributed by atoms with Crippen molar-refractivity contribution in [3.05, 3.63) is 48.0 Å². The molecule has 1 atom stereocenters. The van der Waals surface area contributed by atoms with Gasteiger partial charge in [0, 0.05) is 25.5 Å². The molecule has 0 saturated heterocycles. The zero-order chi connectivity index (χ0) is 19.4. The van der Waals surface area contributed by atoms with Gasteiger partial charge < -0.3 is 9.80 Å². The first-order valence-electron chi connectivity index (χ1n) is 8.78. The molecule has 0 bridgehead atoms. The number of carbonyl (C=O) groups is 2. The van der Waals surface area contributed by atoms with E-state index in [-0.39, 0.29) is 23.4 Å². The van der Waals surface area contributed by atoms with Crippen LogP contribution in [0.25, 0.3) is 0 Å². The number of hydrogen-bond donors (Lipinski definition) is 1. The van der Waals surface area contributed by atoms with Gasteiger partial charge in [0.1, 0.15) is 5.82 Å². The summed E-state index contributed by atoms with van der Waals surface area (Å²) >= 11 is 1.30. The quantitative estimate of drug-likeness (QED) is 0.800. The van der Waals surface area contributed by atoms with Crippen molar-refractivity contribution < 1.29 is 14.0 Å². The predicted molar refractivity (Wildman–Crippen MR) is 103 cm³/mol. The van der Waals surface area contributed by atoms with Gasteiger partial charge in [0.05, 0.1) is 12.3 Å². The Hall–Kier alpha value is -2.55. The number of fused-ring (bicyclic) bond motifs is 1. The predicted octanol–water partition coefficient (Wildman–Crippen LogP) is 1.74. The normalized spacial score (nSPS) is 18.3. The molecule has 0 radical (unpaired) electrons. The second kappa shape index (κ2) is 8.43. The number of amidine groups is 1. The van der Waals surface area contributed by atoms with Crippen LogP contribution in [0, 0.1) is 5.82 Å². The zero-order valence-electron chi connectivity index (χ0n) is 15.3. The maximum absolute atomic E-state index is 13.0. The number of thioether (sulfide) groups is 1. The lowest BCUT2D eigenvalue weighted by atomic mass is 10.2. The molecule has 27 heavy (non-hydrogen) atoms. The van der Waals surface area contributed by atoms with Gasteiger partial charge in [-0.3, -0.25) is 19.9 Å². The Morgan fingerprint density at radius 2 is 1.96 bits per heavy atom. The average molecular weight is 391 g/mol. The highest BCUT2D eigenvalue weighted by Crippen LogP contribution is 2.23. The second-order valence-corrected chi connectivity index (χ2v) is 7.02. The van der Waals surface area contributed by atoms with E-state index in [2.05, 4.69) is 10.5 Å². The van der Waals surface area contributed by atoms with E-state index in [4.69, 9.17) is 0 Å². The van der Waals surface area contributed by atoms with Gasteiger partial charge in [0.25, 0.3) is 5.91 Å². The molecule has 9 heteroatoms. The lowest BCUT2D eigenvalue weighted by molar-refractivity contribution is -0.134. The Labute approximate surface area is 161 Å². The summed E-state index contributed by atoms with van der Waals surface area (Å²) in [6.45, 7) is 5.58. The van der Waals surface area contributed by atoms with Crippen LogP contribution in [-0.2, 0) is 16.1 Å². The number of halogens is 1. The monoisotopic (exact) mass is 391 g/mol. The van der Waals surface area contributed by atoms with Crippen molar-refractivity contribution in [2.24, 2.45) is 5.10 Å². The largest absolute Gasteiger partial charge is 0.343 e. The third-order valence-corrected chi connectivity index (χ3v) is 5.36. The first-order valence-corrected chi connectivity index (χ1v) is 9.77.